The molecule has 0 saturated carbocycles. The highest BCUT2D eigenvalue weighted by atomic mass is 32.1. The van der Waals surface area contributed by atoms with Crippen LogP contribution in [0.15, 0.2) is 46.8 Å². The summed E-state index contributed by atoms with van der Waals surface area (Å²) in [7, 11) is 1.88. The molecule has 6 heteroatoms. The Morgan fingerprint density at radius 2 is 2.00 bits per heavy atom. The molecule has 2 heterocycles. The fraction of sp³-hybridized carbons (Fsp3) is 0.125. The van der Waals surface area contributed by atoms with Gasteiger partial charge in [-0.2, -0.15) is 0 Å². The van der Waals surface area contributed by atoms with Crippen LogP contribution in [-0.4, -0.2) is 19.8 Å². The topological polar surface area (TPSA) is 70.6 Å². The number of phenols is 2. The minimum absolute atomic E-state index is 0.0352. The Bertz CT molecular complexity index is 896. The molecule has 0 aliphatic rings. The van der Waals surface area contributed by atoms with Crippen molar-refractivity contribution in [2.45, 2.75) is 6.92 Å². The van der Waals surface area contributed by atoms with E-state index in [1.807, 2.05) is 42.1 Å². The van der Waals surface area contributed by atoms with Crippen molar-refractivity contribution in [3.8, 4) is 22.8 Å². The molecule has 0 aliphatic heterocycles. The summed E-state index contributed by atoms with van der Waals surface area (Å²) in [5.74, 6) is 0.723. The van der Waals surface area contributed by atoms with Crippen LogP contribution < -0.4 is 4.80 Å². The van der Waals surface area contributed by atoms with Gasteiger partial charge in [0.1, 0.15) is 11.5 Å². The molecule has 0 bridgehead atoms. The summed E-state index contributed by atoms with van der Waals surface area (Å²) < 4.78 is 1.89. The van der Waals surface area contributed by atoms with Crippen LogP contribution in [0.4, 0.5) is 5.82 Å². The Morgan fingerprint density at radius 1 is 1.18 bits per heavy atom. The van der Waals surface area contributed by atoms with E-state index in [9.17, 15) is 10.2 Å². The van der Waals surface area contributed by atoms with Crippen LogP contribution >= 0.6 is 11.3 Å². The first-order valence-electron chi connectivity index (χ1n) is 6.70. The molecular formula is C16H15N3O2S. The summed E-state index contributed by atoms with van der Waals surface area (Å²) >= 11 is 1.47. The fourth-order valence-corrected chi connectivity index (χ4v) is 3.05. The third kappa shape index (κ3) is 2.73. The molecular weight excluding hydrogens is 298 g/mol. The maximum Gasteiger partial charge on any atom is 0.191 e. The molecule has 3 aromatic rings. The number of hydrogen-bond donors (Lipinski definition) is 2. The van der Waals surface area contributed by atoms with E-state index in [1.54, 1.807) is 12.1 Å². The van der Waals surface area contributed by atoms with Crippen molar-refractivity contribution < 1.29 is 10.2 Å². The number of benzene rings is 1. The van der Waals surface area contributed by atoms with Gasteiger partial charge in [0, 0.05) is 29.8 Å². The van der Waals surface area contributed by atoms with E-state index < -0.39 is 0 Å². The lowest BCUT2D eigenvalue weighted by Crippen LogP contribution is -2.11. The summed E-state index contributed by atoms with van der Waals surface area (Å²) in [4.78, 5) is 9.68. The molecule has 0 unspecified atom stereocenters. The number of aryl methyl sites for hydroxylation is 1. The van der Waals surface area contributed by atoms with Gasteiger partial charge in [-0.25, -0.2) is 9.98 Å². The Kier molecular flexibility index (Phi) is 3.68. The quantitative estimate of drug-likeness (QED) is 0.763. The summed E-state index contributed by atoms with van der Waals surface area (Å²) in [6.07, 6.45) is 0. The third-order valence-corrected chi connectivity index (χ3v) is 4.18. The number of hydrogen-bond acceptors (Lipinski definition) is 5. The van der Waals surface area contributed by atoms with Crippen LogP contribution in [0.1, 0.15) is 5.69 Å². The molecule has 0 saturated heterocycles. The molecule has 2 aromatic heterocycles. The fourth-order valence-electron chi connectivity index (χ4n) is 2.14. The second kappa shape index (κ2) is 5.65. The molecule has 1 aromatic carbocycles. The third-order valence-electron chi connectivity index (χ3n) is 3.27. The largest absolute Gasteiger partial charge is 0.508 e. The average Bonchev–Trinajstić information content (AvgIpc) is 2.81. The number of nitrogens with zero attached hydrogens (tertiary/aromatic N) is 3. The second-order valence-corrected chi connectivity index (χ2v) is 5.75. The molecule has 0 spiro atoms. The van der Waals surface area contributed by atoms with Gasteiger partial charge >= 0.3 is 0 Å². The van der Waals surface area contributed by atoms with Crippen molar-refractivity contribution in [2.75, 3.05) is 0 Å². The number of rotatable bonds is 2. The lowest BCUT2D eigenvalue weighted by atomic mass is 10.1. The minimum Gasteiger partial charge on any atom is -0.508 e. The first kappa shape index (κ1) is 14.3. The van der Waals surface area contributed by atoms with Crippen molar-refractivity contribution in [2.24, 2.45) is 12.0 Å². The predicted octanol–water partition coefficient (Wildman–Crippen LogP) is 3.10. The van der Waals surface area contributed by atoms with E-state index in [2.05, 4.69) is 9.98 Å². The average molecular weight is 313 g/mol. The van der Waals surface area contributed by atoms with Gasteiger partial charge in [-0.1, -0.05) is 6.07 Å². The smallest absolute Gasteiger partial charge is 0.191 e. The van der Waals surface area contributed by atoms with Crippen molar-refractivity contribution in [3.63, 3.8) is 0 Å². The highest BCUT2D eigenvalue weighted by Crippen LogP contribution is 2.31. The second-order valence-electron chi connectivity index (χ2n) is 4.91. The number of aromatic hydroxyl groups is 2. The monoisotopic (exact) mass is 313 g/mol. The Balaban J connectivity index is 2.09. The van der Waals surface area contributed by atoms with E-state index in [-0.39, 0.29) is 11.5 Å². The van der Waals surface area contributed by atoms with Crippen LogP contribution in [0.25, 0.3) is 11.3 Å². The van der Waals surface area contributed by atoms with Crippen molar-refractivity contribution >= 4 is 17.2 Å². The summed E-state index contributed by atoms with van der Waals surface area (Å²) in [5.41, 5.74) is 2.39. The maximum atomic E-state index is 9.99. The zero-order valence-corrected chi connectivity index (χ0v) is 13.0. The Labute approximate surface area is 131 Å². The standard InChI is InChI=1S/C16H15N3O2S/c1-10-4-3-5-15(17-10)18-16-19(2)13(9-22-16)12-7-6-11(20)8-14(12)21/h3-9,20-21H,1-2H3/b18-16-. The highest BCUT2D eigenvalue weighted by molar-refractivity contribution is 7.07. The zero-order valence-electron chi connectivity index (χ0n) is 12.2. The van der Waals surface area contributed by atoms with Gasteiger partial charge in [0.2, 0.25) is 0 Å². The number of phenolic OH excluding ortho intramolecular Hbond substituents is 2. The van der Waals surface area contributed by atoms with E-state index in [4.69, 9.17) is 0 Å². The molecule has 22 heavy (non-hydrogen) atoms. The number of pyridine rings is 1. The molecule has 3 rings (SSSR count). The summed E-state index contributed by atoms with van der Waals surface area (Å²) in [6.45, 7) is 1.92. The van der Waals surface area contributed by atoms with E-state index in [1.165, 1.54) is 17.4 Å². The Hall–Kier alpha value is -2.60. The van der Waals surface area contributed by atoms with Crippen LogP contribution in [-0.2, 0) is 7.05 Å². The van der Waals surface area contributed by atoms with Crippen LogP contribution in [0, 0.1) is 6.92 Å². The Morgan fingerprint density at radius 3 is 2.73 bits per heavy atom. The van der Waals surface area contributed by atoms with Gasteiger partial charge in [0.25, 0.3) is 0 Å². The normalized spacial score (nSPS) is 11.8. The first-order chi connectivity index (χ1) is 10.5. The SMILES string of the molecule is Cc1cccc(/N=c2\scc(-c3ccc(O)cc3O)n2C)n1. The van der Waals surface area contributed by atoms with Gasteiger partial charge in [-0.05, 0) is 31.2 Å². The zero-order chi connectivity index (χ0) is 15.7. The maximum absolute atomic E-state index is 9.99. The summed E-state index contributed by atoms with van der Waals surface area (Å²) in [5, 5.41) is 21.3. The minimum atomic E-state index is 0.0352. The van der Waals surface area contributed by atoms with Crippen molar-refractivity contribution in [1.29, 1.82) is 0 Å². The van der Waals surface area contributed by atoms with Crippen molar-refractivity contribution in [1.82, 2.24) is 9.55 Å². The lowest BCUT2D eigenvalue weighted by molar-refractivity contribution is 0.451. The summed E-state index contributed by atoms with van der Waals surface area (Å²) in [6, 6.07) is 10.2. The molecule has 2 N–H and O–H groups in total. The molecule has 0 amide bonds. The van der Waals surface area contributed by atoms with Gasteiger partial charge in [0.05, 0.1) is 5.69 Å². The van der Waals surface area contributed by atoms with E-state index >= 15 is 0 Å². The van der Waals surface area contributed by atoms with Gasteiger partial charge in [-0.3, -0.25) is 0 Å². The molecule has 112 valence electrons. The van der Waals surface area contributed by atoms with Crippen LogP contribution in [0.2, 0.25) is 0 Å². The van der Waals surface area contributed by atoms with E-state index in [0.717, 1.165) is 16.2 Å². The number of thiazole rings is 1. The van der Waals surface area contributed by atoms with Gasteiger partial charge in [0.15, 0.2) is 10.6 Å². The van der Waals surface area contributed by atoms with Gasteiger partial charge < -0.3 is 14.8 Å². The first-order valence-corrected chi connectivity index (χ1v) is 7.58. The van der Waals surface area contributed by atoms with Gasteiger partial charge in [-0.15, -0.1) is 11.3 Å². The molecule has 5 nitrogen and oxygen atoms in total. The predicted molar refractivity (Wildman–Crippen MR) is 86.3 cm³/mol. The van der Waals surface area contributed by atoms with Crippen LogP contribution in [0.5, 0.6) is 11.5 Å². The molecule has 0 aliphatic carbocycles. The van der Waals surface area contributed by atoms with Crippen LogP contribution in [0.3, 0.4) is 0 Å². The highest BCUT2D eigenvalue weighted by Gasteiger charge is 2.10. The lowest BCUT2D eigenvalue weighted by Gasteiger charge is -2.06. The molecule has 0 fully saturated rings. The number of aromatic nitrogens is 2. The van der Waals surface area contributed by atoms with Crippen molar-refractivity contribution in [3.05, 3.63) is 52.3 Å². The molecule has 0 radical (unpaired) electrons. The molecule has 0 atom stereocenters. The van der Waals surface area contributed by atoms with E-state index in [0.29, 0.717) is 11.4 Å².